The number of hydrogen-bond donors (Lipinski definition) is 1. The van der Waals surface area contributed by atoms with Gasteiger partial charge in [-0.2, -0.15) is 0 Å². The molecule has 17 heavy (non-hydrogen) atoms. The first-order chi connectivity index (χ1) is 7.91. The van der Waals surface area contributed by atoms with Crippen LogP contribution in [-0.2, 0) is 4.79 Å². The van der Waals surface area contributed by atoms with Crippen LogP contribution in [0.2, 0.25) is 0 Å². The smallest absolute Gasteiger partial charge is 0.154 e. The summed E-state index contributed by atoms with van der Waals surface area (Å²) in [6.07, 6.45) is 3.39. The van der Waals surface area contributed by atoms with E-state index in [-0.39, 0.29) is 17.2 Å². The lowest BCUT2D eigenvalue weighted by atomic mass is 9.86. The molecule has 1 rings (SSSR count). The van der Waals surface area contributed by atoms with E-state index in [0.717, 1.165) is 13.0 Å². The van der Waals surface area contributed by atoms with Crippen molar-refractivity contribution in [1.29, 1.82) is 0 Å². The zero-order chi connectivity index (χ0) is 13.5. The molecule has 0 aromatic carbocycles. The second-order valence-corrected chi connectivity index (χ2v) is 5.56. The number of nitrogens with two attached hydrogens (primary N) is 1. The first-order valence-corrected chi connectivity index (χ1v) is 6.93. The molecule has 0 aromatic rings. The quantitative estimate of drug-likeness (QED) is 0.823. The van der Waals surface area contributed by atoms with Crippen LogP contribution in [0.1, 0.15) is 53.9 Å². The van der Waals surface area contributed by atoms with E-state index in [0.29, 0.717) is 0 Å². The molecule has 0 saturated carbocycles. The standard InChI is InChI=1S/C12H24N2O.C2H6/c1-12(2,3)11(15)10(13)6-9-14-7-4-5-8-14;1-2/h10H,4-9,13H2,1-3H3;1-2H3. The van der Waals surface area contributed by atoms with Gasteiger partial charge < -0.3 is 10.6 Å². The van der Waals surface area contributed by atoms with Crippen molar-refractivity contribution in [3.63, 3.8) is 0 Å². The molecule has 1 atom stereocenters. The van der Waals surface area contributed by atoms with Gasteiger partial charge in [0.15, 0.2) is 5.78 Å². The number of carbonyl (C=O) groups is 1. The summed E-state index contributed by atoms with van der Waals surface area (Å²) in [4.78, 5) is 14.2. The minimum absolute atomic E-state index is 0.182. The maximum absolute atomic E-state index is 11.8. The molecular weight excluding hydrogens is 212 g/mol. The monoisotopic (exact) mass is 242 g/mol. The predicted octanol–water partition coefficient (Wildman–Crippen LogP) is 2.44. The van der Waals surface area contributed by atoms with Crippen LogP contribution in [0, 0.1) is 5.41 Å². The van der Waals surface area contributed by atoms with Gasteiger partial charge in [0.2, 0.25) is 0 Å². The van der Waals surface area contributed by atoms with Gasteiger partial charge >= 0.3 is 0 Å². The highest BCUT2D eigenvalue weighted by atomic mass is 16.1. The maximum atomic E-state index is 11.8. The fourth-order valence-electron chi connectivity index (χ4n) is 2.02. The summed E-state index contributed by atoms with van der Waals surface area (Å²) < 4.78 is 0. The van der Waals surface area contributed by atoms with Crippen LogP contribution >= 0.6 is 0 Å². The molecule has 1 heterocycles. The van der Waals surface area contributed by atoms with Crippen molar-refractivity contribution in [2.75, 3.05) is 19.6 Å². The molecule has 1 fully saturated rings. The molecule has 1 aliphatic heterocycles. The largest absolute Gasteiger partial charge is 0.321 e. The zero-order valence-corrected chi connectivity index (χ0v) is 12.3. The molecule has 1 unspecified atom stereocenters. The Morgan fingerprint density at radius 1 is 1.24 bits per heavy atom. The maximum Gasteiger partial charge on any atom is 0.154 e. The van der Waals surface area contributed by atoms with Crippen molar-refractivity contribution in [2.45, 2.75) is 59.9 Å². The van der Waals surface area contributed by atoms with Crippen molar-refractivity contribution < 1.29 is 4.79 Å². The van der Waals surface area contributed by atoms with E-state index < -0.39 is 0 Å². The average Bonchev–Trinajstić information content (AvgIpc) is 2.79. The first-order valence-electron chi connectivity index (χ1n) is 6.93. The van der Waals surface area contributed by atoms with Crippen LogP contribution in [-0.4, -0.2) is 36.4 Å². The Hall–Kier alpha value is -0.410. The van der Waals surface area contributed by atoms with E-state index >= 15 is 0 Å². The SMILES string of the molecule is CC.CC(C)(C)C(=O)C(N)CCN1CCCC1. The second kappa shape index (κ2) is 7.83. The third-order valence-electron chi connectivity index (χ3n) is 3.03. The number of ketones is 1. The van der Waals surface area contributed by atoms with E-state index in [1.807, 2.05) is 34.6 Å². The zero-order valence-electron chi connectivity index (χ0n) is 12.3. The lowest BCUT2D eigenvalue weighted by molar-refractivity contribution is -0.127. The number of likely N-dealkylation sites (tertiary alicyclic amines) is 1. The minimum atomic E-state index is -0.301. The van der Waals surface area contributed by atoms with Gasteiger partial charge in [-0.05, 0) is 32.4 Å². The highest BCUT2D eigenvalue weighted by Crippen LogP contribution is 2.18. The highest BCUT2D eigenvalue weighted by Gasteiger charge is 2.27. The highest BCUT2D eigenvalue weighted by molar-refractivity contribution is 5.88. The van der Waals surface area contributed by atoms with Gasteiger partial charge in [-0.3, -0.25) is 4.79 Å². The molecule has 3 nitrogen and oxygen atoms in total. The molecule has 2 N–H and O–H groups in total. The van der Waals surface area contributed by atoms with E-state index in [9.17, 15) is 4.79 Å². The van der Waals surface area contributed by atoms with E-state index in [2.05, 4.69) is 4.90 Å². The first kappa shape index (κ1) is 16.6. The molecule has 102 valence electrons. The molecule has 0 aliphatic carbocycles. The van der Waals surface area contributed by atoms with E-state index in [1.54, 1.807) is 0 Å². The van der Waals surface area contributed by atoms with Crippen molar-refractivity contribution >= 4 is 5.78 Å². The summed E-state index contributed by atoms with van der Waals surface area (Å²) in [5.41, 5.74) is 5.60. The number of Topliss-reactive ketones (excluding diaryl/α,β-unsaturated/α-hetero) is 1. The van der Waals surface area contributed by atoms with Crippen LogP contribution in [0.25, 0.3) is 0 Å². The summed E-state index contributed by atoms with van der Waals surface area (Å²) in [5.74, 6) is 0.182. The molecule has 1 aliphatic rings. The summed E-state index contributed by atoms with van der Waals surface area (Å²) in [5, 5.41) is 0. The van der Waals surface area contributed by atoms with E-state index in [1.165, 1.54) is 25.9 Å². The Balaban J connectivity index is 0.00000121. The Morgan fingerprint density at radius 2 is 1.71 bits per heavy atom. The van der Waals surface area contributed by atoms with Crippen LogP contribution in [0.15, 0.2) is 0 Å². The molecule has 3 heteroatoms. The third kappa shape index (κ3) is 6.18. The number of nitrogens with zero attached hydrogens (tertiary/aromatic N) is 1. The lowest BCUT2D eigenvalue weighted by Gasteiger charge is -2.23. The van der Waals surface area contributed by atoms with Crippen molar-refractivity contribution in [3.05, 3.63) is 0 Å². The molecular formula is C14H30N2O. The molecule has 0 aromatic heterocycles. The van der Waals surface area contributed by atoms with E-state index in [4.69, 9.17) is 5.73 Å². The fourth-order valence-corrected chi connectivity index (χ4v) is 2.02. The summed E-state index contributed by atoms with van der Waals surface area (Å²) >= 11 is 0. The van der Waals surface area contributed by atoms with Crippen LogP contribution < -0.4 is 5.73 Å². The fraction of sp³-hybridized carbons (Fsp3) is 0.929. The van der Waals surface area contributed by atoms with Crippen LogP contribution in [0.5, 0.6) is 0 Å². The summed E-state index contributed by atoms with van der Waals surface area (Å²) in [6.45, 7) is 13.1. The minimum Gasteiger partial charge on any atom is -0.321 e. The Kier molecular flexibility index (Phi) is 7.64. The van der Waals surface area contributed by atoms with Gasteiger partial charge in [0, 0.05) is 12.0 Å². The molecule has 0 amide bonds. The summed E-state index contributed by atoms with van der Waals surface area (Å²) in [7, 11) is 0. The topological polar surface area (TPSA) is 46.3 Å². The molecule has 0 bridgehead atoms. The summed E-state index contributed by atoms with van der Waals surface area (Å²) in [6, 6.07) is -0.286. The number of rotatable bonds is 4. The average molecular weight is 242 g/mol. The van der Waals surface area contributed by atoms with Crippen molar-refractivity contribution in [1.82, 2.24) is 4.90 Å². The second-order valence-electron chi connectivity index (χ2n) is 5.56. The van der Waals surface area contributed by atoms with Gasteiger partial charge in [0.1, 0.15) is 0 Å². The van der Waals surface area contributed by atoms with Gasteiger partial charge in [-0.25, -0.2) is 0 Å². The molecule has 0 radical (unpaired) electrons. The number of hydrogen-bond acceptors (Lipinski definition) is 3. The molecule has 1 saturated heterocycles. The third-order valence-corrected chi connectivity index (χ3v) is 3.03. The normalized spacial score (nSPS) is 18.5. The Labute approximate surface area is 107 Å². The Bertz CT molecular complexity index is 215. The van der Waals surface area contributed by atoms with Crippen molar-refractivity contribution in [2.24, 2.45) is 11.1 Å². The van der Waals surface area contributed by atoms with Crippen LogP contribution in [0.3, 0.4) is 0 Å². The molecule has 0 spiro atoms. The lowest BCUT2D eigenvalue weighted by Crippen LogP contribution is -2.41. The number of carbonyl (C=O) groups excluding carboxylic acids is 1. The van der Waals surface area contributed by atoms with Gasteiger partial charge in [-0.1, -0.05) is 34.6 Å². The van der Waals surface area contributed by atoms with Gasteiger partial charge in [0.05, 0.1) is 6.04 Å². The predicted molar refractivity (Wildman–Crippen MR) is 74.1 cm³/mol. The van der Waals surface area contributed by atoms with Gasteiger partial charge in [0.25, 0.3) is 0 Å². The van der Waals surface area contributed by atoms with Crippen molar-refractivity contribution in [3.8, 4) is 0 Å². The van der Waals surface area contributed by atoms with Crippen LogP contribution in [0.4, 0.5) is 0 Å². The Morgan fingerprint density at radius 3 is 2.12 bits per heavy atom. The van der Waals surface area contributed by atoms with Gasteiger partial charge in [-0.15, -0.1) is 0 Å².